The lowest BCUT2D eigenvalue weighted by molar-refractivity contribution is -0.167. The summed E-state index contributed by atoms with van der Waals surface area (Å²) in [6.07, 6.45) is 71.0. The molecule has 0 aliphatic rings. The maximum absolute atomic E-state index is 12.7. The first-order valence-corrected chi connectivity index (χ1v) is 31.3. The van der Waals surface area contributed by atoms with Crippen LogP contribution in [0, 0.1) is 0 Å². The van der Waals surface area contributed by atoms with Crippen molar-refractivity contribution in [3.63, 3.8) is 0 Å². The van der Waals surface area contributed by atoms with Crippen LogP contribution in [0.5, 0.6) is 0 Å². The van der Waals surface area contributed by atoms with Gasteiger partial charge in [0.05, 0.1) is 0 Å². The molecule has 0 amide bonds. The number of ether oxygens (including phenoxy) is 3. The Hall–Kier alpha value is -2.11. The second-order valence-corrected chi connectivity index (χ2v) is 21.3. The van der Waals surface area contributed by atoms with E-state index in [-0.39, 0.29) is 31.1 Å². The highest BCUT2D eigenvalue weighted by molar-refractivity contribution is 5.71. The average Bonchev–Trinajstić information content (AvgIpc) is 3.36. The molecule has 0 aliphatic carbocycles. The number of rotatable bonds is 58. The Kier molecular flexibility index (Phi) is 57.7. The third-order valence-electron chi connectivity index (χ3n) is 14.2. The van der Waals surface area contributed by atoms with E-state index in [4.69, 9.17) is 14.2 Å². The van der Waals surface area contributed by atoms with Gasteiger partial charge in [0.25, 0.3) is 0 Å². The van der Waals surface area contributed by atoms with Crippen LogP contribution in [0.2, 0.25) is 0 Å². The molecule has 0 aromatic rings. The summed E-state index contributed by atoms with van der Waals surface area (Å²) in [5.41, 5.74) is 0. The van der Waals surface area contributed by atoms with Crippen molar-refractivity contribution in [1.29, 1.82) is 0 Å². The first-order valence-electron chi connectivity index (χ1n) is 31.3. The quantitative estimate of drug-likeness (QED) is 0.0261. The van der Waals surface area contributed by atoms with Crippen molar-refractivity contribution in [2.75, 3.05) is 13.2 Å². The van der Waals surface area contributed by atoms with Crippen LogP contribution in [0.1, 0.15) is 348 Å². The van der Waals surface area contributed by atoms with Gasteiger partial charge in [-0.1, -0.05) is 302 Å². The van der Waals surface area contributed by atoms with Crippen molar-refractivity contribution in [2.24, 2.45) is 0 Å². The second kappa shape index (κ2) is 59.5. The van der Waals surface area contributed by atoms with Gasteiger partial charge >= 0.3 is 17.9 Å². The van der Waals surface area contributed by atoms with Crippen LogP contribution in [0.3, 0.4) is 0 Å². The summed E-state index contributed by atoms with van der Waals surface area (Å²) in [6, 6.07) is 0. The van der Waals surface area contributed by atoms with E-state index in [1.165, 1.54) is 244 Å². The molecule has 1 unspecified atom stereocenters. The fourth-order valence-electron chi connectivity index (χ4n) is 9.48. The zero-order valence-electron chi connectivity index (χ0n) is 47.3. The summed E-state index contributed by atoms with van der Waals surface area (Å²) in [5.74, 6) is -0.853. The van der Waals surface area contributed by atoms with Crippen LogP contribution in [0.4, 0.5) is 0 Å². The molecule has 0 rings (SSSR count). The molecule has 0 fully saturated rings. The van der Waals surface area contributed by atoms with Crippen LogP contribution < -0.4 is 0 Å². The Bertz CT molecular complexity index is 1130. The number of unbranched alkanes of at least 4 members (excludes halogenated alkanes) is 43. The molecule has 1 atom stereocenters. The molecule has 0 aliphatic heterocycles. The van der Waals surface area contributed by atoms with Crippen LogP contribution >= 0.6 is 0 Å². The Morgan fingerprint density at radius 3 is 0.786 bits per heavy atom. The molecule has 0 spiro atoms. The monoisotopic (exact) mass is 985 g/mol. The lowest BCUT2D eigenvalue weighted by Gasteiger charge is -2.18. The maximum atomic E-state index is 12.7. The molecule has 0 bridgehead atoms. The van der Waals surface area contributed by atoms with Crippen molar-refractivity contribution in [3.8, 4) is 0 Å². The number of hydrogen-bond donors (Lipinski definition) is 0. The summed E-state index contributed by atoms with van der Waals surface area (Å²) in [5, 5.41) is 0. The van der Waals surface area contributed by atoms with E-state index in [0.29, 0.717) is 19.3 Å². The predicted octanol–water partition coefficient (Wildman–Crippen LogP) is 21.1. The van der Waals surface area contributed by atoms with Crippen molar-refractivity contribution < 1.29 is 28.6 Å². The minimum absolute atomic E-state index is 0.0645. The molecule has 6 nitrogen and oxygen atoms in total. The van der Waals surface area contributed by atoms with E-state index in [0.717, 1.165) is 64.2 Å². The van der Waals surface area contributed by atoms with Gasteiger partial charge in [-0.2, -0.15) is 0 Å². The second-order valence-electron chi connectivity index (χ2n) is 21.3. The number of allylic oxidation sites excluding steroid dienone is 4. The highest BCUT2D eigenvalue weighted by Gasteiger charge is 2.19. The van der Waals surface area contributed by atoms with Gasteiger partial charge in [0.1, 0.15) is 13.2 Å². The van der Waals surface area contributed by atoms with Crippen molar-refractivity contribution in [2.45, 2.75) is 354 Å². The van der Waals surface area contributed by atoms with E-state index in [9.17, 15) is 14.4 Å². The van der Waals surface area contributed by atoms with E-state index < -0.39 is 6.10 Å². The van der Waals surface area contributed by atoms with Crippen LogP contribution in [-0.2, 0) is 28.6 Å². The minimum Gasteiger partial charge on any atom is -0.462 e. The first-order chi connectivity index (χ1) is 34.5. The Labute approximate surface area is 436 Å². The van der Waals surface area contributed by atoms with E-state index in [2.05, 4.69) is 45.1 Å². The molecule has 0 N–H and O–H groups in total. The average molecular weight is 986 g/mol. The number of carbonyl (C=O) groups excluding carboxylic acids is 3. The van der Waals surface area contributed by atoms with Crippen LogP contribution in [-0.4, -0.2) is 37.2 Å². The first kappa shape index (κ1) is 67.9. The van der Waals surface area contributed by atoms with E-state index in [1.807, 2.05) is 0 Å². The standard InChI is InChI=1S/C64H120O6/c1-4-7-10-13-16-19-20-21-22-23-24-25-26-27-28-29-30-31-32-33-34-35-36-37-38-39-40-41-42-43-44-46-48-51-54-57-63(66)69-60-61(59-68-62(65)56-53-50-47-18-15-12-9-6-3)70-64(67)58-55-52-49-45-17-14-11-8-5-2/h20-21,23-24,61H,4-19,22,25-60H2,1-3H3/b21-20-,24-23-. The zero-order chi connectivity index (χ0) is 50.7. The topological polar surface area (TPSA) is 78.9 Å². The van der Waals surface area contributed by atoms with Crippen molar-refractivity contribution >= 4 is 17.9 Å². The van der Waals surface area contributed by atoms with Gasteiger partial charge in [-0.3, -0.25) is 14.4 Å². The lowest BCUT2D eigenvalue weighted by atomic mass is 10.0. The lowest BCUT2D eigenvalue weighted by Crippen LogP contribution is -2.30. The molecule has 0 aromatic heterocycles. The Balaban J connectivity index is 3.83. The van der Waals surface area contributed by atoms with Crippen LogP contribution in [0.15, 0.2) is 24.3 Å². The predicted molar refractivity (Wildman–Crippen MR) is 303 cm³/mol. The number of esters is 3. The number of hydrogen-bond acceptors (Lipinski definition) is 6. The molecule has 0 radical (unpaired) electrons. The summed E-state index contributed by atoms with van der Waals surface area (Å²) < 4.78 is 16.8. The molecule has 6 heteroatoms. The number of carbonyl (C=O) groups is 3. The molecule has 0 saturated carbocycles. The van der Waals surface area contributed by atoms with Gasteiger partial charge in [-0.25, -0.2) is 0 Å². The maximum Gasteiger partial charge on any atom is 0.306 e. The van der Waals surface area contributed by atoms with Crippen molar-refractivity contribution in [3.05, 3.63) is 24.3 Å². The largest absolute Gasteiger partial charge is 0.462 e. The molecule has 0 aromatic carbocycles. The highest BCUT2D eigenvalue weighted by atomic mass is 16.6. The van der Waals surface area contributed by atoms with E-state index in [1.54, 1.807) is 0 Å². The molecule has 0 heterocycles. The fourth-order valence-corrected chi connectivity index (χ4v) is 9.48. The molecule has 70 heavy (non-hydrogen) atoms. The summed E-state index contributed by atoms with van der Waals surface area (Å²) in [4.78, 5) is 37.8. The van der Waals surface area contributed by atoms with Gasteiger partial charge in [-0.15, -0.1) is 0 Å². The van der Waals surface area contributed by atoms with Gasteiger partial charge < -0.3 is 14.2 Å². The Morgan fingerprint density at radius 1 is 0.286 bits per heavy atom. The fraction of sp³-hybridized carbons (Fsp3) is 0.891. The molecular weight excluding hydrogens is 865 g/mol. The summed E-state index contributed by atoms with van der Waals surface area (Å²) >= 11 is 0. The summed E-state index contributed by atoms with van der Waals surface area (Å²) in [6.45, 7) is 6.62. The van der Waals surface area contributed by atoms with Gasteiger partial charge in [0.15, 0.2) is 6.10 Å². The smallest absolute Gasteiger partial charge is 0.306 e. The molecule has 0 saturated heterocycles. The van der Waals surface area contributed by atoms with Gasteiger partial charge in [0, 0.05) is 19.3 Å². The Morgan fingerprint density at radius 2 is 0.514 bits per heavy atom. The molecular formula is C64H120O6. The highest BCUT2D eigenvalue weighted by Crippen LogP contribution is 2.18. The van der Waals surface area contributed by atoms with Gasteiger partial charge in [0.2, 0.25) is 0 Å². The van der Waals surface area contributed by atoms with Crippen molar-refractivity contribution in [1.82, 2.24) is 0 Å². The SMILES string of the molecule is CCCCCCC/C=C\C/C=C\CCCCCCCCCCCCCCCCCCCCCCCCCC(=O)OCC(COC(=O)CCCCCCCCCC)OC(=O)CCCCCCCCCCC. The normalized spacial score (nSPS) is 12.1. The third kappa shape index (κ3) is 56.8. The van der Waals surface area contributed by atoms with E-state index >= 15 is 0 Å². The third-order valence-corrected chi connectivity index (χ3v) is 14.2. The van der Waals surface area contributed by atoms with Crippen LogP contribution in [0.25, 0.3) is 0 Å². The molecule has 412 valence electrons. The van der Waals surface area contributed by atoms with Gasteiger partial charge in [-0.05, 0) is 51.4 Å². The minimum atomic E-state index is -0.761. The zero-order valence-corrected chi connectivity index (χ0v) is 47.3. The summed E-state index contributed by atoms with van der Waals surface area (Å²) in [7, 11) is 0.